The summed E-state index contributed by atoms with van der Waals surface area (Å²) in [5.74, 6) is 0.473. The molecule has 0 unspecified atom stereocenters. The lowest BCUT2D eigenvalue weighted by atomic mass is 9.98. The number of piperidine rings is 1. The third-order valence-electron chi connectivity index (χ3n) is 5.38. The Morgan fingerprint density at radius 3 is 2.54 bits per heavy atom. The van der Waals surface area contributed by atoms with Crippen LogP contribution in [-0.2, 0) is 11.3 Å². The van der Waals surface area contributed by atoms with E-state index >= 15 is 0 Å². The molecule has 0 saturated carbocycles. The quantitative estimate of drug-likeness (QED) is 0.582. The van der Waals surface area contributed by atoms with E-state index in [-0.39, 0.29) is 11.5 Å². The summed E-state index contributed by atoms with van der Waals surface area (Å²) in [7, 11) is 0. The Morgan fingerprint density at radius 1 is 1.27 bits per heavy atom. The number of likely N-dealkylation sites (tertiary alicyclic amines) is 1. The third-order valence-corrected chi connectivity index (χ3v) is 7.44. The second-order valence-corrected chi connectivity index (χ2v) is 9.27. The number of fused-ring (bicyclic) bond motifs is 1. The largest absolute Gasteiger partial charge is 0.337 e. The first-order chi connectivity index (χ1) is 12.3. The molecule has 3 heterocycles. The van der Waals surface area contributed by atoms with Crippen LogP contribution in [0.25, 0.3) is 10.2 Å². The van der Waals surface area contributed by atoms with Gasteiger partial charge >= 0.3 is 0 Å². The molecule has 0 aliphatic carbocycles. The molecule has 2 aromatic heterocycles. The minimum absolute atomic E-state index is 0.00834. The van der Waals surface area contributed by atoms with Crippen molar-refractivity contribution in [1.29, 1.82) is 0 Å². The van der Waals surface area contributed by atoms with Crippen LogP contribution in [0.1, 0.15) is 50.5 Å². The molecule has 1 fully saturated rings. The van der Waals surface area contributed by atoms with Crippen molar-refractivity contribution >= 4 is 39.2 Å². The van der Waals surface area contributed by atoms with Crippen LogP contribution in [0.4, 0.5) is 0 Å². The number of rotatable bonds is 4. The maximum Gasteiger partial charge on any atom is 0.263 e. The summed E-state index contributed by atoms with van der Waals surface area (Å²) in [6, 6.07) is 0.580. The molecule has 0 bridgehead atoms. The fraction of sp³-hybridized carbons (Fsp3) is 0.632. The van der Waals surface area contributed by atoms with Gasteiger partial charge in [-0.25, -0.2) is 4.98 Å². The summed E-state index contributed by atoms with van der Waals surface area (Å²) in [4.78, 5) is 34.3. The van der Waals surface area contributed by atoms with Gasteiger partial charge in [-0.2, -0.15) is 0 Å². The lowest BCUT2D eigenvalue weighted by molar-refractivity contribution is -0.134. The molecule has 2 atom stereocenters. The number of carbonyl (C=O) groups excluding carboxylic acids is 1. The monoisotopic (exact) mass is 393 g/mol. The number of hydrogen-bond acceptors (Lipinski definition) is 5. The first kappa shape index (κ1) is 19.4. The molecule has 0 N–H and O–H groups in total. The molecule has 7 heteroatoms. The van der Waals surface area contributed by atoms with Gasteiger partial charge in [-0.1, -0.05) is 11.8 Å². The van der Waals surface area contributed by atoms with E-state index < -0.39 is 0 Å². The number of thioether (sulfide) groups is 1. The third kappa shape index (κ3) is 3.43. The van der Waals surface area contributed by atoms with E-state index in [2.05, 4.69) is 13.8 Å². The van der Waals surface area contributed by atoms with Crippen molar-refractivity contribution in [3.8, 4) is 0 Å². The zero-order chi connectivity index (χ0) is 19.0. The predicted octanol–water partition coefficient (Wildman–Crippen LogP) is 3.98. The molecule has 1 aliphatic rings. The van der Waals surface area contributed by atoms with Gasteiger partial charge in [0.15, 0.2) is 5.16 Å². The van der Waals surface area contributed by atoms with Gasteiger partial charge in [0.05, 0.1) is 11.1 Å². The Hall–Kier alpha value is -1.34. The number of carbonyl (C=O) groups is 1. The molecule has 1 saturated heterocycles. The average Bonchev–Trinajstić information content (AvgIpc) is 2.87. The Bertz CT molecular complexity index is 877. The van der Waals surface area contributed by atoms with Crippen molar-refractivity contribution < 1.29 is 4.79 Å². The molecule has 0 spiro atoms. The zero-order valence-corrected chi connectivity index (χ0v) is 17.8. The van der Waals surface area contributed by atoms with Crippen LogP contribution in [0.3, 0.4) is 0 Å². The minimum Gasteiger partial charge on any atom is -0.337 e. The second kappa shape index (κ2) is 7.72. The number of aryl methyl sites for hydroxylation is 2. The molecule has 26 heavy (non-hydrogen) atoms. The van der Waals surface area contributed by atoms with Crippen LogP contribution in [0.15, 0.2) is 9.95 Å². The normalized spacial score (nSPS) is 20.7. The summed E-state index contributed by atoms with van der Waals surface area (Å²) in [6.45, 7) is 10.8. The highest BCUT2D eigenvalue weighted by molar-refractivity contribution is 7.99. The molecule has 1 aliphatic heterocycles. The number of thiophene rings is 1. The van der Waals surface area contributed by atoms with Crippen molar-refractivity contribution in [1.82, 2.24) is 14.5 Å². The van der Waals surface area contributed by atoms with Gasteiger partial charge in [-0.05, 0) is 59.4 Å². The summed E-state index contributed by atoms with van der Waals surface area (Å²) in [6.07, 6.45) is 3.32. The molecular weight excluding hydrogens is 366 g/mol. The predicted molar refractivity (Wildman–Crippen MR) is 109 cm³/mol. The van der Waals surface area contributed by atoms with Crippen LogP contribution in [0.5, 0.6) is 0 Å². The van der Waals surface area contributed by atoms with Gasteiger partial charge in [0.25, 0.3) is 5.56 Å². The van der Waals surface area contributed by atoms with E-state index in [1.807, 2.05) is 25.7 Å². The summed E-state index contributed by atoms with van der Waals surface area (Å²) < 4.78 is 1.70. The lowest BCUT2D eigenvalue weighted by Crippen LogP contribution is -2.48. The second-order valence-electron chi connectivity index (χ2n) is 7.13. The molecule has 0 aromatic carbocycles. The maximum absolute atomic E-state index is 12.9. The number of aromatic nitrogens is 2. The Morgan fingerprint density at radius 2 is 1.92 bits per heavy atom. The topological polar surface area (TPSA) is 55.2 Å². The minimum atomic E-state index is 0.00834. The Balaban J connectivity index is 1.87. The van der Waals surface area contributed by atoms with E-state index in [0.29, 0.717) is 29.5 Å². The highest BCUT2D eigenvalue weighted by Crippen LogP contribution is 2.29. The van der Waals surface area contributed by atoms with Crippen LogP contribution >= 0.6 is 23.1 Å². The van der Waals surface area contributed by atoms with Crippen molar-refractivity contribution in [3.63, 3.8) is 0 Å². The van der Waals surface area contributed by atoms with E-state index in [1.54, 1.807) is 15.9 Å². The van der Waals surface area contributed by atoms with Crippen LogP contribution < -0.4 is 5.56 Å². The highest BCUT2D eigenvalue weighted by Gasteiger charge is 2.29. The number of amides is 1. The van der Waals surface area contributed by atoms with E-state index in [4.69, 9.17) is 4.98 Å². The first-order valence-corrected chi connectivity index (χ1v) is 11.1. The smallest absolute Gasteiger partial charge is 0.263 e. The zero-order valence-electron chi connectivity index (χ0n) is 16.2. The molecule has 3 rings (SSSR count). The highest BCUT2D eigenvalue weighted by atomic mass is 32.2. The van der Waals surface area contributed by atoms with Gasteiger partial charge in [0.1, 0.15) is 4.83 Å². The summed E-state index contributed by atoms with van der Waals surface area (Å²) in [5.41, 5.74) is 1.03. The van der Waals surface area contributed by atoms with Gasteiger partial charge < -0.3 is 4.90 Å². The van der Waals surface area contributed by atoms with Crippen molar-refractivity contribution in [3.05, 3.63) is 20.8 Å². The molecule has 1 amide bonds. The van der Waals surface area contributed by atoms with Gasteiger partial charge in [-0.3, -0.25) is 14.2 Å². The molecule has 0 radical (unpaired) electrons. The standard InChI is InChI=1S/C19H27N3O2S2/c1-6-21-18(24)16-13(4)14(5)26-17(16)20-19(21)25-10-15(23)22-11(2)8-7-9-12(22)3/h11-12H,6-10H2,1-5H3/t11-,12+. The van der Waals surface area contributed by atoms with Crippen LogP contribution in [0.2, 0.25) is 0 Å². The average molecular weight is 394 g/mol. The fourth-order valence-corrected chi connectivity index (χ4v) is 5.81. The molecule has 142 valence electrons. The van der Waals surface area contributed by atoms with E-state index in [9.17, 15) is 9.59 Å². The Kier molecular flexibility index (Phi) is 5.77. The summed E-state index contributed by atoms with van der Waals surface area (Å²) in [5, 5.41) is 1.38. The van der Waals surface area contributed by atoms with Gasteiger partial charge in [0.2, 0.25) is 5.91 Å². The summed E-state index contributed by atoms with van der Waals surface area (Å²) >= 11 is 2.95. The van der Waals surface area contributed by atoms with E-state index in [1.165, 1.54) is 18.2 Å². The molecule has 5 nitrogen and oxygen atoms in total. The van der Waals surface area contributed by atoms with E-state index in [0.717, 1.165) is 33.5 Å². The van der Waals surface area contributed by atoms with Crippen molar-refractivity contribution in [2.24, 2.45) is 0 Å². The van der Waals surface area contributed by atoms with Crippen molar-refractivity contribution in [2.45, 2.75) is 77.7 Å². The number of hydrogen-bond donors (Lipinski definition) is 0. The lowest BCUT2D eigenvalue weighted by Gasteiger charge is -2.39. The molecular formula is C19H27N3O2S2. The van der Waals surface area contributed by atoms with Crippen molar-refractivity contribution in [2.75, 3.05) is 5.75 Å². The molecule has 2 aromatic rings. The van der Waals surface area contributed by atoms with Gasteiger partial charge in [0, 0.05) is 23.5 Å². The Labute approximate surface area is 162 Å². The fourth-order valence-electron chi connectivity index (χ4n) is 3.81. The SMILES string of the molecule is CCn1c(SCC(=O)N2[C@H](C)CCC[C@@H]2C)nc2sc(C)c(C)c2c1=O. The first-order valence-electron chi connectivity index (χ1n) is 9.29. The van der Waals surface area contributed by atoms with Crippen LogP contribution in [0, 0.1) is 13.8 Å². The van der Waals surface area contributed by atoms with Gasteiger partial charge in [-0.15, -0.1) is 11.3 Å². The maximum atomic E-state index is 12.9. The van der Waals surface area contributed by atoms with Crippen LogP contribution in [-0.4, -0.2) is 38.2 Å². The number of nitrogens with zero attached hydrogens (tertiary/aromatic N) is 3.